The van der Waals surface area contributed by atoms with Gasteiger partial charge in [0.1, 0.15) is 0 Å². The Kier molecular flexibility index (Phi) is 3.35. The van der Waals surface area contributed by atoms with E-state index in [4.69, 9.17) is 4.74 Å². The highest BCUT2D eigenvalue weighted by molar-refractivity contribution is 6.33. The average Bonchev–Trinajstić information content (AvgIpc) is 2.73. The van der Waals surface area contributed by atoms with Crippen molar-refractivity contribution in [3.8, 4) is 0 Å². The van der Waals surface area contributed by atoms with Crippen molar-refractivity contribution >= 4 is 28.0 Å². The summed E-state index contributed by atoms with van der Waals surface area (Å²) in [6, 6.07) is 13.0. The fraction of sp³-hybridized carbons (Fsp3) is 0.250. The summed E-state index contributed by atoms with van der Waals surface area (Å²) >= 11 is 0. The van der Waals surface area contributed by atoms with Gasteiger partial charge in [0.05, 0.1) is 36.1 Å². The predicted octanol–water partition coefficient (Wildman–Crippen LogP) is 3.54. The Bertz CT molecular complexity index is 1250. The first-order valence-corrected chi connectivity index (χ1v) is 9.89. The van der Waals surface area contributed by atoms with Crippen LogP contribution >= 0.6 is 0 Å². The molecule has 0 spiro atoms. The number of ketones is 2. The first-order valence-electron chi connectivity index (χ1n) is 9.89. The Labute approximate surface area is 167 Å². The molecule has 0 saturated carbocycles. The standard InChI is InChI=1S/C24H19NO4/c1-11-2-4-13-12(8-11)3-5-15-20(13)23(27)16-7-6-14-19-9-17(18(26)10-29-19)25-22(14)21(16)24(15)28/h2-8,17-19,25-26H,9-10H2,1H3/t17-,18+,19-/m1/s1. The van der Waals surface area contributed by atoms with E-state index in [-0.39, 0.29) is 30.3 Å². The van der Waals surface area contributed by atoms with Gasteiger partial charge < -0.3 is 15.2 Å². The molecule has 2 heterocycles. The van der Waals surface area contributed by atoms with E-state index < -0.39 is 6.10 Å². The summed E-state index contributed by atoms with van der Waals surface area (Å²) in [5.74, 6) is -0.290. The molecule has 2 N–H and O–H groups in total. The number of carbonyl (C=O) groups excluding carboxylic acids is 2. The van der Waals surface area contributed by atoms with Gasteiger partial charge in [-0.2, -0.15) is 0 Å². The number of aliphatic hydroxyl groups is 1. The molecule has 5 heteroatoms. The number of hydrogen-bond donors (Lipinski definition) is 2. The monoisotopic (exact) mass is 385 g/mol. The van der Waals surface area contributed by atoms with Crippen molar-refractivity contribution in [2.75, 3.05) is 11.9 Å². The molecule has 2 bridgehead atoms. The summed E-state index contributed by atoms with van der Waals surface area (Å²) in [6.07, 6.45) is -0.159. The second-order valence-electron chi connectivity index (χ2n) is 8.20. The largest absolute Gasteiger partial charge is 0.389 e. The van der Waals surface area contributed by atoms with Gasteiger partial charge in [0, 0.05) is 28.7 Å². The zero-order valence-corrected chi connectivity index (χ0v) is 15.9. The maximum Gasteiger partial charge on any atom is 0.196 e. The maximum atomic E-state index is 13.5. The van der Waals surface area contributed by atoms with E-state index in [1.165, 1.54) is 0 Å². The molecule has 1 aliphatic carbocycles. The molecule has 1 fully saturated rings. The molecule has 29 heavy (non-hydrogen) atoms. The number of hydrogen-bond acceptors (Lipinski definition) is 5. The first kappa shape index (κ1) is 16.9. The molecular weight excluding hydrogens is 366 g/mol. The van der Waals surface area contributed by atoms with Gasteiger partial charge in [0.15, 0.2) is 11.6 Å². The number of aliphatic hydroxyl groups excluding tert-OH is 1. The minimum Gasteiger partial charge on any atom is -0.389 e. The van der Waals surface area contributed by atoms with Crippen LogP contribution in [-0.2, 0) is 4.74 Å². The second kappa shape index (κ2) is 5.75. The second-order valence-corrected chi connectivity index (χ2v) is 8.20. The number of nitrogens with one attached hydrogen (secondary N) is 1. The summed E-state index contributed by atoms with van der Waals surface area (Å²) in [7, 11) is 0. The van der Waals surface area contributed by atoms with Gasteiger partial charge in [-0.25, -0.2) is 0 Å². The highest BCUT2D eigenvalue weighted by Gasteiger charge is 2.41. The van der Waals surface area contributed by atoms with Crippen LogP contribution in [0.5, 0.6) is 0 Å². The summed E-state index contributed by atoms with van der Waals surface area (Å²) in [4.78, 5) is 27.0. The minimum absolute atomic E-state index is 0.133. The molecule has 6 rings (SSSR count). The lowest BCUT2D eigenvalue weighted by Gasteiger charge is -2.41. The molecule has 5 nitrogen and oxygen atoms in total. The van der Waals surface area contributed by atoms with Crippen LogP contribution in [0.2, 0.25) is 0 Å². The molecule has 3 aliphatic rings. The molecule has 3 aromatic rings. The number of benzene rings is 3. The Morgan fingerprint density at radius 3 is 2.62 bits per heavy atom. The predicted molar refractivity (Wildman–Crippen MR) is 109 cm³/mol. The van der Waals surface area contributed by atoms with Gasteiger partial charge in [0.25, 0.3) is 0 Å². The quantitative estimate of drug-likeness (QED) is 0.484. The molecule has 3 aromatic carbocycles. The molecule has 144 valence electrons. The van der Waals surface area contributed by atoms with Crippen LogP contribution in [0.1, 0.15) is 55.5 Å². The maximum absolute atomic E-state index is 13.5. The third-order valence-electron chi connectivity index (χ3n) is 6.43. The van der Waals surface area contributed by atoms with Crippen LogP contribution in [0.15, 0.2) is 42.5 Å². The van der Waals surface area contributed by atoms with Gasteiger partial charge in [0.2, 0.25) is 0 Å². The molecular formula is C24H19NO4. The summed E-state index contributed by atoms with van der Waals surface area (Å²) in [6.45, 7) is 2.27. The molecule has 0 aromatic heterocycles. The van der Waals surface area contributed by atoms with Crippen molar-refractivity contribution in [2.45, 2.75) is 31.6 Å². The van der Waals surface area contributed by atoms with Gasteiger partial charge >= 0.3 is 0 Å². The van der Waals surface area contributed by atoms with Gasteiger partial charge in [-0.15, -0.1) is 0 Å². The lowest BCUT2D eigenvalue weighted by Crippen LogP contribution is -2.46. The van der Waals surface area contributed by atoms with Crippen molar-refractivity contribution in [3.63, 3.8) is 0 Å². The van der Waals surface area contributed by atoms with Crippen molar-refractivity contribution in [1.29, 1.82) is 0 Å². The molecule has 0 amide bonds. The van der Waals surface area contributed by atoms with E-state index in [1.807, 2.05) is 37.3 Å². The van der Waals surface area contributed by atoms with Gasteiger partial charge in [-0.3, -0.25) is 9.59 Å². The van der Waals surface area contributed by atoms with Crippen LogP contribution in [-0.4, -0.2) is 35.4 Å². The van der Waals surface area contributed by atoms with E-state index in [9.17, 15) is 14.7 Å². The summed E-state index contributed by atoms with van der Waals surface area (Å²) < 4.78 is 5.79. The lowest BCUT2D eigenvalue weighted by atomic mass is 9.77. The Balaban J connectivity index is 1.59. The van der Waals surface area contributed by atoms with E-state index in [0.717, 1.165) is 21.9 Å². The normalized spacial score (nSPS) is 24.6. The highest BCUT2D eigenvalue weighted by atomic mass is 16.5. The van der Waals surface area contributed by atoms with E-state index in [1.54, 1.807) is 12.1 Å². The number of aryl methyl sites for hydroxylation is 1. The van der Waals surface area contributed by atoms with Gasteiger partial charge in [-0.05, 0) is 29.8 Å². The fourth-order valence-corrected chi connectivity index (χ4v) is 4.96. The average molecular weight is 385 g/mol. The first-order chi connectivity index (χ1) is 14.0. The van der Waals surface area contributed by atoms with Gasteiger partial charge in [-0.1, -0.05) is 35.9 Å². The Morgan fingerprint density at radius 2 is 1.76 bits per heavy atom. The number of anilines is 1. The van der Waals surface area contributed by atoms with E-state index >= 15 is 0 Å². The molecule has 0 radical (unpaired) electrons. The number of carbonyl (C=O) groups is 2. The van der Waals surface area contributed by atoms with E-state index in [2.05, 4.69) is 5.32 Å². The Morgan fingerprint density at radius 1 is 1.00 bits per heavy atom. The van der Waals surface area contributed by atoms with Crippen molar-refractivity contribution in [1.82, 2.24) is 0 Å². The highest BCUT2D eigenvalue weighted by Crippen LogP contribution is 2.45. The zero-order valence-electron chi connectivity index (χ0n) is 15.9. The molecule has 1 saturated heterocycles. The van der Waals surface area contributed by atoms with E-state index in [0.29, 0.717) is 34.4 Å². The third kappa shape index (κ3) is 2.23. The number of ether oxygens (including phenoxy) is 1. The summed E-state index contributed by atoms with van der Waals surface area (Å²) in [5.41, 5.74) is 4.35. The van der Waals surface area contributed by atoms with Crippen LogP contribution < -0.4 is 5.32 Å². The van der Waals surface area contributed by atoms with Crippen LogP contribution in [0.3, 0.4) is 0 Å². The smallest absolute Gasteiger partial charge is 0.196 e. The van der Waals surface area contributed by atoms with Crippen LogP contribution in [0.4, 0.5) is 5.69 Å². The number of rotatable bonds is 0. The molecule has 3 atom stereocenters. The summed E-state index contributed by atoms with van der Waals surface area (Å²) in [5, 5.41) is 15.3. The topological polar surface area (TPSA) is 75.6 Å². The lowest BCUT2D eigenvalue weighted by molar-refractivity contribution is -0.0672. The minimum atomic E-state index is -0.635. The van der Waals surface area contributed by atoms with Crippen LogP contribution in [0, 0.1) is 6.92 Å². The SMILES string of the molecule is Cc1ccc2c3c(ccc2c1)C(=O)c1c(ccc2c1N[C@@H]1C[C@H]2OC[C@@H]1O)C3=O. The zero-order chi connectivity index (χ0) is 19.9. The molecule has 2 aliphatic heterocycles. The van der Waals surface area contributed by atoms with Crippen molar-refractivity contribution < 1.29 is 19.4 Å². The Hall–Kier alpha value is -3.02. The third-order valence-corrected chi connectivity index (χ3v) is 6.43. The number of fused-ring (bicyclic) bond motifs is 9. The van der Waals surface area contributed by atoms with Crippen LogP contribution in [0.25, 0.3) is 10.8 Å². The van der Waals surface area contributed by atoms with Crippen molar-refractivity contribution in [2.24, 2.45) is 0 Å². The van der Waals surface area contributed by atoms with Crippen molar-refractivity contribution in [3.05, 3.63) is 75.8 Å². The molecule has 0 unspecified atom stereocenters. The fourth-order valence-electron chi connectivity index (χ4n) is 4.96.